The number of amides is 1. The molecule has 0 unspecified atom stereocenters. The lowest BCUT2D eigenvalue weighted by atomic mass is 10.2. The standard InChI is InChI=1S/C14H10F2N4O/c15-9-4-5-11(16)10(7-9)14(21)17-8-13-19-18-12-3-1-2-6-20(12)13/h1-7H,8H2,(H,17,21). The van der Waals surface area contributed by atoms with Crippen molar-refractivity contribution in [3.63, 3.8) is 0 Å². The number of pyridine rings is 1. The van der Waals surface area contributed by atoms with Crippen molar-refractivity contribution < 1.29 is 13.6 Å². The molecule has 21 heavy (non-hydrogen) atoms. The molecule has 0 saturated carbocycles. The van der Waals surface area contributed by atoms with Gasteiger partial charge in [-0.3, -0.25) is 9.20 Å². The number of carbonyl (C=O) groups excluding carboxylic acids is 1. The molecule has 0 aliphatic heterocycles. The van der Waals surface area contributed by atoms with Crippen LogP contribution in [0.25, 0.3) is 5.65 Å². The maximum Gasteiger partial charge on any atom is 0.254 e. The van der Waals surface area contributed by atoms with Gasteiger partial charge in [0.05, 0.1) is 12.1 Å². The molecule has 5 nitrogen and oxygen atoms in total. The van der Waals surface area contributed by atoms with Crippen molar-refractivity contribution in [1.82, 2.24) is 19.9 Å². The summed E-state index contributed by atoms with van der Waals surface area (Å²) in [5.74, 6) is -1.66. The van der Waals surface area contributed by atoms with E-state index in [2.05, 4.69) is 15.5 Å². The predicted octanol–water partition coefficient (Wildman–Crippen LogP) is 1.94. The first kappa shape index (κ1) is 13.2. The fourth-order valence-corrected chi connectivity index (χ4v) is 1.94. The smallest absolute Gasteiger partial charge is 0.254 e. The number of rotatable bonds is 3. The molecule has 2 aromatic heterocycles. The van der Waals surface area contributed by atoms with Crippen LogP contribution in [0.15, 0.2) is 42.6 Å². The third kappa shape index (κ3) is 2.58. The third-order valence-electron chi connectivity index (χ3n) is 2.96. The summed E-state index contributed by atoms with van der Waals surface area (Å²) in [6.07, 6.45) is 1.75. The van der Waals surface area contributed by atoms with Crippen molar-refractivity contribution in [3.05, 3.63) is 65.6 Å². The van der Waals surface area contributed by atoms with Gasteiger partial charge in [0.2, 0.25) is 0 Å². The van der Waals surface area contributed by atoms with Crippen LogP contribution >= 0.6 is 0 Å². The Bertz CT molecular complexity index is 816. The highest BCUT2D eigenvalue weighted by molar-refractivity contribution is 5.94. The van der Waals surface area contributed by atoms with Gasteiger partial charge in [-0.15, -0.1) is 10.2 Å². The molecule has 0 bridgehead atoms. The highest BCUT2D eigenvalue weighted by Crippen LogP contribution is 2.10. The lowest BCUT2D eigenvalue weighted by Crippen LogP contribution is -2.25. The number of hydrogen-bond donors (Lipinski definition) is 1. The van der Waals surface area contributed by atoms with E-state index in [4.69, 9.17) is 0 Å². The Kier molecular flexibility index (Phi) is 3.31. The third-order valence-corrected chi connectivity index (χ3v) is 2.96. The first-order valence-corrected chi connectivity index (χ1v) is 6.17. The Balaban J connectivity index is 1.78. The Morgan fingerprint density at radius 1 is 1.19 bits per heavy atom. The molecule has 0 spiro atoms. The van der Waals surface area contributed by atoms with Crippen LogP contribution in [0.3, 0.4) is 0 Å². The van der Waals surface area contributed by atoms with E-state index in [-0.39, 0.29) is 12.1 Å². The second-order valence-corrected chi connectivity index (χ2v) is 4.35. The van der Waals surface area contributed by atoms with Crippen LogP contribution in [0.4, 0.5) is 8.78 Å². The Labute approximate surface area is 118 Å². The number of nitrogens with one attached hydrogen (secondary N) is 1. The molecule has 0 aliphatic carbocycles. The van der Waals surface area contributed by atoms with Crippen LogP contribution in [-0.2, 0) is 6.54 Å². The number of benzene rings is 1. The molecule has 0 fully saturated rings. The number of aromatic nitrogens is 3. The van der Waals surface area contributed by atoms with E-state index >= 15 is 0 Å². The van der Waals surface area contributed by atoms with E-state index < -0.39 is 17.5 Å². The minimum atomic E-state index is -0.778. The maximum absolute atomic E-state index is 13.5. The van der Waals surface area contributed by atoms with Gasteiger partial charge in [0.25, 0.3) is 5.91 Å². The largest absolute Gasteiger partial charge is 0.345 e. The zero-order valence-electron chi connectivity index (χ0n) is 10.8. The van der Waals surface area contributed by atoms with E-state index in [0.717, 1.165) is 18.2 Å². The Hall–Kier alpha value is -2.83. The normalized spacial score (nSPS) is 10.8. The van der Waals surface area contributed by atoms with Gasteiger partial charge in [0, 0.05) is 6.20 Å². The monoisotopic (exact) mass is 288 g/mol. The van der Waals surface area contributed by atoms with Gasteiger partial charge >= 0.3 is 0 Å². The summed E-state index contributed by atoms with van der Waals surface area (Å²) in [5.41, 5.74) is 0.294. The average Bonchev–Trinajstić information content (AvgIpc) is 2.90. The molecule has 2 heterocycles. The molecule has 3 aromatic rings. The topological polar surface area (TPSA) is 59.3 Å². The highest BCUT2D eigenvalue weighted by Gasteiger charge is 2.13. The van der Waals surface area contributed by atoms with Gasteiger partial charge in [-0.25, -0.2) is 8.78 Å². The van der Waals surface area contributed by atoms with Gasteiger partial charge in [0.15, 0.2) is 11.5 Å². The van der Waals surface area contributed by atoms with E-state index in [0.29, 0.717) is 11.5 Å². The summed E-state index contributed by atoms with van der Waals surface area (Å²) >= 11 is 0. The molecule has 0 atom stereocenters. The number of fused-ring (bicyclic) bond motifs is 1. The van der Waals surface area contributed by atoms with Crippen molar-refractivity contribution in [1.29, 1.82) is 0 Å². The first-order valence-electron chi connectivity index (χ1n) is 6.17. The molecule has 3 rings (SSSR count). The van der Waals surface area contributed by atoms with Crippen LogP contribution < -0.4 is 5.32 Å². The van der Waals surface area contributed by atoms with Crippen molar-refractivity contribution in [2.75, 3.05) is 0 Å². The van der Waals surface area contributed by atoms with Crippen LogP contribution in [0.5, 0.6) is 0 Å². The average molecular weight is 288 g/mol. The lowest BCUT2D eigenvalue weighted by molar-refractivity contribution is 0.0945. The minimum absolute atomic E-state index is 0.0555. The van der Waals surface area contributed by atoms with Crippen LogP contribution in [0.2, 0.25) is 0 Å². The quantitative estimate of drug-likeness (QED) is 0.801. The van der Waals surface area contributed by atoms with Gasteiger partial charge in [-0.2, -0.15) is 0 Å². The van der Waals surface area contributed by atoms with Crippen LogP contribution in [-0.4, -0.2) is 20.5 Å². The van der Waals surface area contributed by atoms with Gasteiger partial charge < -0.3 is 5.32 Å². The van der Waals surface area contributed by atoms with E-state index in [1.165, 1.54) is 0 Å². The molecule has 1 amide bonds. The molecule has 0 saturated heterocycles. The molecule has 1 N–H and O–H groups in total. The van der Waals surface area contributed by atoms with Crippen molar-refractivity contribution in [2.45, 2.75) is 6.54 Å². The second kappa shape index (κ2) is 5.28. The maximum atomic E-state index is 13.5. The molecular weight excluding hydrogens is 278 g/mol. The van der Waals surface area contributed by atoms with E-state index in [9.17, 15) is 13.6 Å². The summed E-state index contributed by atoms with van der Waals surface area (Å²) in [4.78, 5) is 11.9. The van der Waals surface area contributed by atoms with E-state index in [1.54, 1.807) is 22.7 Å². The van der Waals surface area contributed by atoms with Gasteiger partial charge in [-0.1, -0.05) is 6.07 Å². The van der Waals surface area contributed by atoms with Crippen LogP contribution in [0, 0.1) is 11.6 Å². The van der Waals surface area contributed by atoms with E-state index in [1.807, 2.05) is 6.07 Å². The molecule has 1 aromatic carbocycles. The molecule has 106 valence electrons. The second-order valence-electron chi connectivity index (χ2n) is 4.35. The number of carbonyl (C=O) groups is 1. The summed E-state index contributed by atoms with van der Waals surface area (Å²) in [7, 11) is 0. The van der Waals surface area contributed by atoms with Crippen molar-refractivity contribution >= 4 is 11.6 Å². The number of hydrogen-bond acceptors (Lipinski definition) is 3. The number of halogens is 2. The highest BCUT2D eigenvalue weighted by atomic mass is 19.1. The Morgan fingerprint density at radius 3 is 2.90 bits per heavy atom. The lowest BCUT2D eigenvalue weighted by Gasteiger charge is -2.05. The molecular formula is C14H10F2N4O. The Morgan fingerprint density at radius 2 is 2.05 bits per heavy atom. The predicted molar refractivity (Wildman–Crippen MR) is 70.5 cm³/mol. The molecule has 7 heteroatoms. The van der Waals surface area contributed by atoms with Crippen molar-refractivity contribution in [2.24, 2.45) is 0 Å². The first-order chi connectivity index (χ1) is 10.1. The summed E-state index contributed by atoms with van der Waals surface area (Å²) in [5, 5.41) is 10.4. The zero-order valence-corrected chi connectivity index (χ0v) is 10.8. The fraction of sp³-hybridized carbons (Fsp3) is 0.0714. The summed E-state index contributed by atoms with van der Waals surface area (Å²) in [6, 6.07) is 8.11. The SMILES string of the molecule is O=C(NCc1nnc2ccccn12)c1cc(F)ccc1F. The summed E-state index contributed by atoms with van der Waals surface area (Å²) in [6.45, 7) is 0.0555. The molecule has 0 aliphatic rings. The molecule has 0 radical (unpaired) electrons. The van der Waals surface area contributed by atoms with Gasteiger partial charge in [0.1, 0.15) is 11.6 Å². The fourth-order valence-electron chi connectivity index (χ4n) is 1.94. The van der Waals surface area contributed by atoms with Gasteiger partial charge in [-0.05, 0) is 30.3 Å². The minimum Gasteiger partial charge on any atom is -0.345 e. The van der Waals surface area contributed by atoms with Crippen LogP contribution in [0.1, 0.15) is 16.2 Å². The zero-order chi connectivity index (χ0) is 14.8. The number of nitrogens with zero attached hydrogens (tertiary/aromatic N) is 3. The summed E-state index contributed by atoms with van der Waals surface area (Å²) < 4.78 is 28.2. The van der Waals surface area contributed by atoms with Crippen molar-refractivity contribution in [3.8, 4) is 0 Å².